The molecule has 1 aliphatic carbocycles. The van der Waals surface area contributed by atoms with Gasteiger partial charge in [-0.1, -0.05) is 25.7 Å². The van der Waals surface area contributed by atoms with Crippen LogP contribution in [0.25, 0.3) is 0 Å². The summed E-state index contributed by atoms with van der Waals surface area (Å²) in [4.78, 5) is 32.7. The first-order valence-electron chi connectivity index (χ1n) is 9.56. The third-order valence-corrected chi connectivity index (χ3v) is 4.82. The fraction of sp³-hybridized carbons (Fsp3) is 0.429. The first-order valence-corrected chi connectivity index (χ1v) is 9.56. The number of amides is 1. The van der Waals surface area contributed by atoms with Crippen molar-refractivity contribution in [1.82, 2.24) is 15.3 Å². The average molecular weight is 366 g/mol. The lowest BCUT2D eigenvalue weighted by Crippen LogP contribution is -2.35. The normalized spacial score (nSPS) is 15.0. The number of hydrogen-bond acceptors (Lipinski definition) is 5. The molecule has 1 saturated carbocycles. The molecule has 0 unspecified atom stereocenters. The second kappa shape index (κ2) is 8.75. The molecule has 2 aromatic rings. The molecule has 6 nitrogen and oxygen atoms in total. The zero-order valence-electron chi connectivity index (χ0n) is 15.9. The molecule has 0 spiro atoms. The van der Waals surface area contributed by atoms with E-state index in [0.717, 1.165) is 31.4 Å². The molecular weight excluding hydrogens is 340 g/mol. The molecule has 1 aromatic carbocycles. The van der Waals surface area contributed by atoms with Crippen LogP contribution in [0, 0.1) is 6.92 Å². The highest BCUT2D eigenvalue weighted by molar-refractivity contribution is 5.94. The minimum Gasteiger partial charge on any atom is -0.348 e. The van der Waals surface area contributed by atoms with Gasteiger partial charge >= 0.3 is 0 Å². The van der Waals surface area contributed by atoms with E-state index in [9.17, 15) is 9.59 Å². The number of Topliss-reactive ketones (excluding diaryl/α,β-unsaturated/α-hetero) is 1. The first kappa shape index (κ1) is 19.0. The third-order valence-electron chi connectivity index (χ3n) is 4.82. The maximum Gasteiger partial charge on any atom is 0.270 e. The van der Waals surface area contributed by atoms with Crippen LogP contribution in [0.5, 0.6) is 0 Å². The topological polar surface area (TPSA) is 84.0 Å². The van der Waals surface area contributed by atoms with Gasteiger partial charge in [0.05, 0.1) is 0 Å². The molecule has 0 bridgehead atoms. The van der Waals surface area contributed by atoms with Crippen molar-refractivity contribution >= 4 is 23.2 Å². The minimum absolute atomic E-state index is 0.0249. The molecule has 0 saturated heterocycles. The van der Waals surface area contributed by atoms with Gasteiger partial charge in [-0.05, 0) is 51.0 Å². The maximum absolute atomic E-state index is 12.6. The highest BCUT2D eigenvalue weighted by Crippen LogP contribution is 2.19. The number of nitrogens with zero attached hydrogens (tertiary/aromatic N) is 2. The number of nitrogens with one attached hydrogen (secondary N) is 2. The zero-order valence-corrected chi connectivity index (χ0v) is 15.9. The van der Waals surface area contributed by atoms with Crippen LogP contribution in [-0.4, -0.2) is 27.7 Å². The van der Waals surface area contributed by atoms with E-state index in [4.69, 9.17) is 0 Å². The van der Waals surface area contributed by atoms with Gasteiger partial charge in [0, 0.05) is 23.4 Å². The van der Waals surface area contributed by atoms with E-state index < -0.39 is 0 Å². The van der Waals surface area contributed by atoms with Gasteiger partial charge in [-0.2, -0.15) is 0 Å². The second-order valence-electron chi connectivity index (χ2n) is 7.11. The smallest absolute Gasteiger partial charge is 0.270 e. The Morgan fingerprint density at radius 1 is 1.00 bits per heavy atom. The summed E-state index contributed by atoms with van der Waals surface area (Å²) in [7, 11) is 0. The molecule has 27 heavy (non-hydrogen) atoms. The van der Waals surface area contributed by atoms with E-state index in [1.807, 2.05) is 12.1 Å². The number of aromatic nitrogens is 2. The molecule has 3 rings (SSSR count). The molecule has 1 heterocycles. The molecule has 6 heteroatoms. The van der Waals surface area contributed by atoms with Crippen molar-refractivity contribution in [2.45, 2.75) is 58.4 Å². The van der Waals surface area contributed by atoms with Crippen LogP contribution in [0.1, 0.15) is 72.1 Å². The Kier molecular flexibility index (Phi) is 6.16. The van der Waals surface area contributed by atoms with Gasteiger partial charge in [0.25, 0.3) is 5.91 Å². The Hall–Kier alpha value is -2.76. The number of rotatable bonds is 5. The number of anilines is 2. The van der Waals surface area contributed by atoms with Gasteiger partial charge in [-0.25, -0.2) is 9.97 Å². The van der Waals surface area contributed by atoms with E-state index in [1.165, 1.54) is 19.8 Å². The SMILES string of the molecule is CC(=O)c1ccc(Nc2cc(C(=O)NC3CCCCCC3)nc(C)n2)cc1. The van der Waals surface area contributed by atoms with E-state index in [1.54, 1.807) is 25.1 Å². The van der Waals surface area contributed by atoms with Crippen LogP contribution in [0.3, 0.4) is 0 Å². The van der Waals surface area contributed by atoms with Crippen LogP contribution >= 0.6 is 0 Å². The fourth-order valence-electron chi connectivity index (χ4n) is 3.37. The summed E-state index contributed by atoms with van der Waals surface area (Å²) in [6.07, 6.45) is 6.88. The number of hydrogen-bond donors (Lipinski definition) is 2. The van der Waals surface area contributed by atoms with Gasteiger partial charge in [0.1, 0.15) is 17.3 Å². The van der Waals surface area contributed by atoms with Crippen molar-refractivity contribution in [2.24, 2.45) is 0 Å². The summed E-state index contributed by atoms with van der Waals surface area (Å²) in [5, 5.41) is 6.30. The van der Waals surface area contributed by atoms with E-state index in [2.05, 4.69) is 20.6 Å². The van der Waals surface area contributed by atoms with Crippen LogP contribution in [0.4, 0.5) is 11.5 Å². The minimum atomic E-state index is -0.151. The van der Waals surface area contributed by atoms with Gasteiger partial charge in [0.2, 0.25) is 0 Å². The Balaban J connectivity index is 1.71. The second-order valence-corrected chi connectivity index (χ2v) is 7.11. The summed E-state index contributed by atoms with van der Waals surface area (Å²) in [5.41, 5.74) is 1.82. The number of carbonyl (C=O) groups excluding carboxylic acids is 2. The molecular formula is C21H26N4O2. The van der Waals surface area contributed by atoms with Crippen molar-refractivity contribution in [3.05, 3.63) is 47.4 Å². The molecule has 1 fully saturated rings. The van der Waals surface area contributed by atoms with Gasteiger partial charge in [-0.15, -0.1) is 0 Å². The number of ketones is 1. The van der Waals surface area contributed by atoms with Crippen molar-refractivity contribution in [3.8, 4) is 0 Å². The largest absolute Gasteiger partial charge is 0.348 e. The molecule has 1 aromatic heterocycles. The number of benzene rings is 1. The quantitative estimate of drug-likeness (QED) is 0.612. The van der Waals surface area contributed by atoms with Crippen LogP contribution in [0.15, 0.2) is 30.3 Å². The highest BCUT2D eigenvalue weighted by atomic mass is 16.2. The monoisotopic (exact) mass is 366 g/mol. The first-order chi connectivity index (χ1) is 13.0. The molecule has 1 aliphatic rings. The van der Waals surface area contributed by atoms with E-state index in [-0.39, 0.29) is 17.7 Å². The number of carbonyl (C=O) groups is 2. The van der Waals surface area contributed by atoms with Crippen LogP contribution < -0.4 is 10.6 Å². The highest BCUT2D eigenvalue weighted by Gasteiger charge is 2.17. The van der Waals surface area contributed by atoms with Gasteiger partial charge in [-0.3, -0.25) is 9.59 Å². The fourth-order valence-corrected chi connectivity index (χ4v) is 3.37. The third kappa shape index (κ3) is 5.36. The molecule has 1 amide bonds. The standard InChI is InChI=1S/C21H26N4O2/c1-14(26)16-9-11-18(12-10-16)24-20-13-19(22-15(2)23-20)21(27)25-17-7-5-3-4-6-8-17/h9-13,17H,3-8H2,1-2H3,(H,25,27)(H,22,23,24). The molecule has 0 aliphatic heterocycles. The molecule has 0 atom stereocenters. The Bertz CT molecular complexity index is 809. The summed E-state index contributed by atoms with van der Waals surface area (Å²) in [6, 6.07) is 9.05. The summed E-state index contributed by atoms with van der Waals surface area (Å²) >= 11 is 0. The van der Waals surface area contributed by atoms with E-state index >= 15 is 0 Å². The maximum atomic E-state index is 12.6. The van der Waals surface area contributed by atoms with E-state index in [0.29, 0.717) is 22.9 Å². The molecule has 0 radical (unpaired) electrons. The van der Waals surface area contributed by atoms with Crippen LogP contribution in [-0.2, 0) is 0 Å². The summed E-state index contributed by atoms with van der Waals surface area (Å²) in [5.74, 6) is 0.967. The predicted octanol–water partition coefficient (Wildman–Crippen LogP) is 4.18. The van der Waals surface area contributed by atoms with Crippen molar-refractivity contribution in [1.29, 1.82) is 0 Å². The predicted molar refractivity (Wildman–Crippen MR) is 105 cm³/mol. The average Bonchev–Trinajstić information content (AvgIpc) is 2.90. The Labute approximate surface area is 159 Å². The lowest BCUT2D eigenvalue weighted by atomic mass is 10.1. The van der Waals surface area contributed by atoms with Gasteiger partial charge in [0.15, 0.2) is 5.78 Å². The van der Waals surface area contributed by atoms with Gasteiger partial charge < -0.3 is 10.6 Å². The Morgan fingerprint density at radius 2 is 1.67 bits per heavy atom. The molecule has 2 N–H and O–H groups in total. The van der Waals surface area contributed by atoms with Crippen molar-refractivity contribution in [3.63, 3.8) is 0 Å². The summed E-state index contributed by atoms with van der Waals surface area (Å²) in [6.45, 7) is 3.31. The lowest BCUT2D eigenvalue weighted by Gasteiger charge is -2.16. The van der Waals surface area contributed by atoms with Crippen molar-refractivity contribution in [2.75, 3.05) is 5.32 Å². The van der Waals surface area contributed by atoms with Crippen molar-refractivity contribution < 1.29 is 9.59 Å². The summed E-state index contributed by atoms with van der Waals surface area (Å²) < 4.78 is 0. The van der Waals surface area contributed by atoms with Crippen LogP contribution in [0.2, 0.25) is 0 Å². The lowest BCUT2D eigenvalue weighted by molar-refractivity contribution is 0.0927. The molecule has 142 valence electrons. The zero-order chi connectivity index (χ0) is 19.2. The number of aryl methyl sites for hydroxylation is 1. The Morgan fingerprint density at radius 3 is 2.30 bits per heavy atom.